The van der Waals surface area contributed by atoms with E-state index in [2.05, 4.69) is 48.5 Å². The average molecular weight is 268 g/mol. The smallest absolute Gasteiger partial charge is 0.116 e. The standard InChI is InChI=1S/C20H12O/c21-14-9-10-15-16-5-1-3-12-7-8-13-4-2-6-17(18(15)11-14)20(13)19(12)16/h1-11,21H. The molecule has 0 aliphatic rings. The van der Waals surface area contributed by atoms with Gasteiger partial charge in [0.2, 0.25) is 0 Å². The van der Waals surface area contributed by atoms with E-state index in [0.29, 0.717) is 5.75 Å². The molecule has 0 aliphatic heterocycles. The summed E-state index contributed by atoms with van der Waals surface area (Å²) in [7, 11) is 0. The largest absolute Gasteiger partial charge is 0.508 e. The van der Waals surface area contributed by atoms with E-state index in [9.17, 15) is 5.11 Å². The van der Waals surface area contributed by atoms with E-state index in [1.165, 1.54) is 37.7 Å². The number of hydrogen-bond donors (Lipinski definition) is 1. The monoisotopic (exact) mass is 268 g/mol. The van der Waals surface area contributed by atoms with Crippen molar-refractivity contribution in [3.63, 3.8) is 0 Å². The Bertz CT molecular complexity index is 1140. The molecule has 5 rings (SSSR count). The van der Waals surface area contributed by atoms with Gasteiger partial charge in [-0.25, -0.2) is 0 Å². The van der Waals surface area contributed by atoms with Gasteiger partial charge in [-0.1, -0.05) is 54.6 Å². The van der Waals surface area contributed by atoms with Gasteiger partial charge < -0.3 is 5.11 Å². The fourth-order valence-electron chi connectivity index (χ4n) is 3.59. The predicted molar refractivity (Wildman–Crippen MR) is 89.3 cm³/mol. The summed E-state index contributed by atoms with van der Waals surface area (Å²) in [6, 6.07) is 22.9. The molecular weight excluding hydrogens is 256 g/mol. The zero-order chi connectivity index (χ0) is 14.0. The molecular formula is C20H12O. The van der Waals surface area contributed by atoms with Crippen LogP contribution in [0.2, 0.25) is 0 Å². The van der Waals surface area contributed by atoms with Crippen molar-refractivity contribution in [2.75, 3.05) is 0 Å². The van der Waals surface area contributed by atoms with Gasteiger partial charge in [0.05, 0.1) is 0 Å². The minimum Gasteiger partial charge on any atom is -0.508 e. The Morgan fingerprint density at radius 3 is 1.81 bits per heavy atom. The van der Waals surface area contributed by atoms with Crippen LogP contribution in [0.4, 0.5) is 0 Å². The van der Waals surface area contributed by atoms with E-state index in [1.54, 1.807) is 6.07 Å². The third-order valence-corrected chi connectivity index (χ3v) is 4.47. The van der Waals surface area contributed by atoms with Crippen LogP contribution in [0.1, 0.15) is 0 Å². The van der Waals surface area contributed by atoms with Crippen LogP contribution >= 0.6 is 0 Å². The number of aromatic hydroxyl groups is 1. The van der Waals surface area contributed by atoms with Crippen LogP contribution in [-0.4, -0.2) is 5.11 Å². The Hall–Kier alpha value is -2.80. The van der Waals surface area contributed by atoms with Gasteiger partial charge >= 0.3 is 0 Å². The Kier molecular flexibility index (Phi) is 1.90. The van der Waals surface area contributed by atoms with Crippen LogP contribution in [0, 0.1) is 0 Å². The van der Waals surface area contributed by atoms with Crippen LogP contribution in [0.15, 0.2) is 66.7 Å². The minimum absolute atomic E-state index is 0.317. The van der Waals surface area contributed by atoms with Crippen LogP contribution in [0.25, 0.3) is 43.1 Å². The Morgan fingerprint density at radius 2 is 1.14 bits per heavy atom. The molecule has 0 spiro atoms. The lowest BCUT2D eigenvalue weighted by Gasteiger charge is -2.14. The van der Waals surface area contributed by atoms with Gasteiger partial charge in [0.1, 0.15) is 5.75 Å². The van der Waals surface area contributed by atoms with Crippen molar-refractivity contribution in [2.24, 2.45) is 0 Å². The summed E-state index contributed by atoms with van der Waals surface area (Å²) in [5, 5.41) is 19.8. The quantitative estimate of drug-likeness (QED) is 0.293. The van der Waals surface area contributed by atoms with Crippen molar-refractivity contribution in [3.05, 3.63) is 66.7 Å². The molecule has 5 aromatic rings. The molecule has 0 aliphatic carbocycles. The first-order valence-electron chi connectivity index (χ1n) is 7.11. The van der Waals surface area contributed by atoms with E-state index in [-0.39, 0.29) is 0 Å². The molecule has 0 bridgehead atoms. The highest BCUT2D eigenvalue weighted by atomic mass is 16.3. The maximum absolute atomic E-state index is 9.89. The molecule has 98 valence electrons. The maximum Gasteiger partial charge on any atom is 0.116 e. The van der Waals surface area contributed by atoms with Crippen LogP contribution in [-0.2, 0) is 0 Å². The molecule has 0 atom stereocenters. The fraction of sp³-hybridized carbons (Fsp3) is 0. The van der Waals surface area contributed by atoms with Crippen LogP contribution in [0.3, 0.4) is 0 Å². The van der Waals surface area contributed by atoms with Gasteiger partial charge in [-0.05, 0) is 55.2 Å². The molecule has 1 heteroatoms. The third kappa shape index (κ3) is 1.30. The van der Waals surface area contributed by atoms with Gasteiger partial charge in [-0.2, -0.15) is 0 Å². The second-order valence-electron chi connectivity index (χ2n) is 5.60. The Morgan fingerprint density at radius 1 is 0.524 bits per heavy atom. The van der Waals surface area contributed by atoms with E-state index < -0.39 is 0 Å². The summed E-state index contributed by atoms with van der Waals surface area (Å²) in [5.74, 6) is 0.317. The van der Waals surface area contributed by atoms with Gasteiger partial charge in [0, 0.05) is 0 Å². The summed E-state index contributed by atoms with van der Waals surface area (Å²) >= 11 is 0. The van der Waals surface area contributed by atoms with E-state index in [1.807, 2.05) is 12.1 Å². The molecule has 0 unspecified atom stereocenters. The van der Waals surface area contributed by atoms with E-state index in [4.69, 9.17) is 0 Å². The van der Waals surface area contributed by atoms with Gasteiger partial charge in [0.25, 0.3) is 0 Å². The Balaban J connectivity index is 2.29. The van der Waals surface area contributed by atoms with Crippen molar-refractivity contribution in [2.45, 2.75) is 0 Å². The van der Waals surface area contributed by atoms with Crippen molar-refractivity contribution in [1.29, 1.82) is 0 Å². The molecule has 1 nitrogen and oxygen atoms in total. The van der Waals surface area contributed by atoms with E-state index in [0.717, 1.165) is 5.39 Å². The molecule has 0 radical (unpaired) electrons. The lowest BCUT2D eigenvalue weighted by atomic mass is 9.89. The zero-order valence-electron chi connectivity index (χ0n) is 11.3. The maximum atomic E-state index is 9.89. The summed E-state index contributed by atoms with van der Waals surface area (Å²) < 4.78 is 0. The van der Waals surface area contributed by atoms with Gasteiger partial charge in [0.15, 0.2) is 0 Å². The highest BCUT2D eigenvalue weighted by molar-refractivity contribution is 6.33. The molecule has 0 fully saturated rings. The number of fused-ring (bicyclic) bond motifs is 3. The van der Waals surface area contributed by atoms with Gasteiger partial charge in [-0.15, -0.1) is 0 Å². The summed E-state index contributed by atoms with van der Waals surface area (Å²) in [5.41, 5.74) is 0. The van der Waals surface area contributed by atoms with Crippen molar-refractivity contribution < 1.29 is 5.11 Å². The minimum atomic E-state index is 0.317. The lowest BCUT2D eigenvalue weighted by Crippen LogP contribution is -1.86. The number of phenolic OH excluding ortho intramolecular Hbond substituents is 1. The molecule has 5 aromatic carbocycles. The van der Waals surface area contributed by atoms with Gasteiger partial charge in [-0.3, -0.25) is 0 Å². The number of rotatable bonds is 0. The zero-order valence-corrected chi connectivity index (χ0v) is 11.3. The first-order chi connectivity index (χ1) is 10.3. The summed E-state index contributed by atoms with van der Waals surface area (Å²) in [4.78, 5) is 0. The predicted octanol–water partition coefficient (Wildman–Crippen LogP) is 5.44. The normalized spacial score (nSPS) is 12.0. The highest BCUT2D eigenvalue weighted by Gasteiger charge is 2.12. The number of hydrogen-bond acceptors (Lipinski definition) is 1. The van der Waals surface area contributed by atoms with Crippen LogP contribution in [0.5, 0.6) is 5.75 Å². The number of benzene rings is 5. The van der Waals surface area contributed by atoms with Crippen molar-refractivity contribution in [3.8, 4) is 5.75 Å². The second-order valence-corrected chi connectivity index (χ2v) is 5.60. The molecule has 0 amide bonds. The Labute approximate surface area is 121 Å². The fourth-order valence-corrected chi connectivity index (χ4v) is 3.59. The molecule has 0 saturated carbocycles. The second kappa shape index (κ2) is 3.64. The van der Waals surface area contributed by atoms with Crippen LogP contribution < -0.4 is 0 Å². The summed E-state index contributed by atoms with van der Waals surface area (Å²) in [6.45, 7) is 0. The highest BCUT2D eigenvalue weighted by Crippen LogP contribution is 2.41. The van der Waals surface area contributed by atoms with Crippen molar-refractivity contribution in [1.82, 2.24) is 0 Å². The number of phenols is 1. The molecule has 21 heavy (non-hydrogen) atoms. The SMILES string of the molecule is Oc1ccc2c(c1)c1cccc3ccc4cccc2c4c31. The topological polar surface area (TPSA) is 20.2 Å². The molecule has 0 aromatic heterocycles. The molecule has 1 N–H and O–H groups in total. The average Bonchev–Trinajstić information content (AvgIpc) is 2.53. The first-order valence-corrected chi connectivity index (χ1v) is 7.11. The summed E-state index contributed by atoms with van der Waals surface area (Å²) in [6.07, 6.45) is 0. The molecule has 0 saturated heterocycles. The van der Waals surface area contributed by atoms with Crippen molar-refractivity contribution >= 4 is 43.1 Å². The molecule has 0 heterocycles. The lowest BCUT2D eigenvalue weighted by molar-refractivity contribution is 0.476. The van der Waals surface area contributed by atoms with E-state index >= 15 is 0 Å². The first kappa shape index (κ1) is 10.9. The third-order valence-electron chi connectivity index (χ3n) is 4.47.